The van der Waals surface area contributed by atoms with Crippen LogP contribution in [0.3, 0.4) is 0 Å². The Morgan fingerprint density at radius 2 is 1.24 bits per heavy atom. The molecule has 0 aromatic rings. The van der Waals surface area contributed by atoms with Gasteiger partial charge in [0.1, 0.15) is 0 Å². The summed E-state index contributed by atoms with van der Waals surface area (Å²) in [7, 11) is 0. The second-order valence-corrected chi connectivity index (χ2v) is 5.88. The van der Waals surface area contributed by atoms with Crippen molar-refractivity contribution < 1.29 is 14.7 Å². The molecule has 0 radical (unpaired) electrons. The molecule has 0 aromatic heterocycles. The quantitative estimate of drug-likeness (QED) is 0.350. The van der Waals surface area contributed by atoms with Crippen molar-refractivity contribution in [2.45, 2.75) is 90.9 Å². The van der Waals surface area contributed by atoms with E-state index in [9.17, 15) is 9.59 Å². The number of hydrogen-bond donors (Lipinski definition) is 1. The summed E-state index contributed by atoms with van der Waals surface area (Å²) in [4.78, 5) is 22.1. The minimum absolute atomic E-state index is 0.0641. The van der Waals surface area contributed by atoms with E-state index in [2.05, 4.69) is 6.92 Å². The van der Waals surface area contributed by atoms with Crippen LogP contribution in [0.1, 0.15) is 90.9 Å². The molecule has 0 rings (SSSR count). The van der Waals surface area contributed by atoms with Crippen LogP contribution in [-0.2, 0) is 9.59 Å². The highest BCUT2D eigenvalue weighted by Gasteiger charge is 2.04. The van der Waals surface area contributed by atoms with Crippen molar-refractivity contribution in [3.05, 3.63) is 11.6 Å². The first-order chi connectivity index (χ1) is 10.1. The maximum Gasteiger partial charge on any atom is 0.331 e. The van der Waals surface area contributed by atoms with Crippen molar-refractivity contribution >= 4 is 11.8 Å². The summed E-state index contributed by atoms with van der Waals surface area (Å²) in [5.74, 6) is -1.08. The van der Waals surface area contributed by atoms with Crippen LogP contribution in [0.15, 0.2) is 11.6 Å². The van der Waals surface area contributed by atoms with Crippen LogP contribution in [-0.4, -0.2) is 16.9 Å². The third kappa shape index (κ3) is 13.6. The Hall–Kier alpha value is -1.12. The van der Waals surface area contributed by atoms with Gasteiger partial charge in [0.05, 0.1) is 0 Å². The van der Waals surface area contributed by atoms with Gasteiger partial charge in [-0.3, -0.25) is 4.79 Å². The van der Waals surface area contributed by atoms with Crippen LogP contribution in [0.25, 0.3) is 0 Å². The Kier molecular flexibility index (Phi) is 13.1. The first-order valence-electron chi connectivity index (χ1n) is 8.52. The lowest BCUT2D eigenvalue weighted by atomic mass is 10.0. The predicted octanol–water partition coefficient (Wildman–Crippen LogP) is 5.29. The summed E-state index contributed by atoms with van der Waals surface area (Å²) in [6.07, 6.45) is 15.5. The molecule has 0 spiro atoms. The molecule has 0 saturated carbocycles. The summed E-state index contributed by atoms with van der Waals surface area (Å²) in [6.45, 7) is 3.70. The van der Waals surface area contributed by atoms with E-state index in [1.807, 2.05) is 0 Å². The van der Waals surface area contributed by atoms with Gasteiger partial charge < -0.3 is 5.11 Å². The molecule has 3 heteroatoms. The maximum atomic E-state index is 11.5. The van der Waals surface area contributed by atoms with Gasteiger partial charge in [-0.25, -0.2) is 4.79 Å². The van der Waals surface area contributed by atoms with Gasteiger partial charge in [-0.1, -0.05) is 71.1 Å². The molecule has 0 saturated heterocycles. The molecular formula is C18H32O3. The normalized spacial score (nSPS) is 11.6. The molecule has 0 atom stereocenters. The van der Waals surface area contributed by atoms with Gasteiger partial charge in [0.15, 0.2) is 5.78 Å². The number of ketones is 1. The van der Waals surface area contributed by atoms with Crippen molar-refractivity contribution in [2.24, 2.45) is 0 Å². The van der Waals surface area contributed by atoms with E-state index < -0.39 is 5.97 Å². The highest BCUT2D eigenvalue weighted by Crippen LogP contribution is 2.12. The molecule has 0 unspecified atom stereocenters. The predicted molar refractivity (Wildman–Crippen MR) is 87.5 cm³/mol. The van der Waals surface area contributed by atoms with Crippen LogP contribution in [0, 0.1) is 0 Å². The van der Waals surface area contributed by atoms with Crippen molar-refractivity contribution in [1.29, 1.82) is 0 Å². The molecule has 0 amide bonds. The van der Waals surface area contributed by atoms with Crippen molar-refractivity contribution in [2.75, 3.05) is 0 Å². The van der Waals surface area contributed by atoms with Gasteiger partial charge in [0, 0.05) is 12.0 Å². The van der Waals surface area contributed by atoms with Crippen LogP contribution in [0.5, 0.6) is 0 Å². The number of unbranched alkanes of at least 4 members (excludes halogenated alkanes) is 10. The molecule has 0 aliphatic carbocycles. The topological polar surface area (TPSA) is 54.4 Å². The molecule has 1 N–H and O–H groups in total. The molecule has 0 heterocycles. The van der Waals surface area contributed by atoms with Crippen LogP contribution in [0.4, 0.5) is 0 Å². The summed E-state index contributed by atoms with van der Waals surface area (Å²) in [5, 5.41) is 8.67. The van der Waals surface area contributed by atoms with Gasteiger partial charge in [0.2, 0.25) is 0 Å². The second-order valence-electron chi connectivity index (χ2n) is 5.88. The maximum absolute atomic E-state index is 11.5. The van der Waals surface area contributed by atoms with Crippen LogP contribution < -0.4 is 0 Å². The fourth-order valence-corrected chi connectivity index (χ4v) is 2.34. The second kappa shape index (κ2) is 13.8. The van der Waals surface area contributed by atoms with Gasteiger partial charge in [-0.05, 0) is 19.4 Å². The van der Waals surface area contributed by atoms with Crippen molar-refractivity contribution in [3.63, 3.8) is 0 Å². The molecule has 0 aliphatic heterocycles. The number of aliphatic carboxylic acids is 1. The molecule has 0 bridgehead atoms. The summed E-state index contributed by atoms with van der Waals surface area (Å²) < 4.78 is 0. The van der Waals surface area contributed by atoms with E-state index in [4.69, 9.17) is 5.11 Å². The van der Waals surface area contributed by atoms with Gasteiger partial charge in [-0.2, -0.15) is 0 Å². The Balaban J connectivity index is 3.35. The molecule has 3 nitrogen and oxygen atoms in total. The van der Waals surface area contributed by atoms with E-state index in [1.165, 1.54) is 70.8 Å². The summed E-state index contributed by atoms with van der Waals surface area (Å²) >= 11 is 0. The molecule has 122 valence electrons. The first-order valence-corrected chi connectivity index (χ1v) is 8.52. The Labute approximate surface area is 129 Å². The van der Waals surface area contributed by atoms with Crippen molar-refractivity contribution in [3.8, 4) is 0 Å². The van der Waals surface area contributed by atoms with E-state index in [1.54, 1.807) is 0 Å². The number of rotatable bonds is 14. The SMILES string of the molecule is CCCCCCCCCCCCCC(=O)/C=C(/C)C(=O)O. The van der Waals surface area contributed by atoms with Crippen molar-refractivity contribution in [1.82, 2.24) is 0 Å². The third-order valence-corrected chi connectivity index (χ3v) is 3.74. The molecule has 0 aliphatic rings. The number of allylic oxidation sites excluding steroid dienone is 1. The Bertz CT molecular complexity index is 318. The van der Waals surface area contributed by atoms with Crippen LogP contribution in [0.2, 0.25) is 0 Å². The molecular weight excluding hydrogens is 264 g/mol. The van der Waals surface area contributed by atoms with E-state index in [0.717, 1.165) is 12.8 Å². The highest BCUT2D eigenvalue weighted by molar-refractivity contribution is 5.98. The zero-order valence-corrected chi connectivity index (χ0v) is 13.8. The van der Waals surface area contributed by atoms with Gasteiger partial charge >= 0.3 is 5.97 Å². The zero-order chi connectivity index (χ0) is 15.9. The number of carbonyl (C=O) groups is 2. The van der Waals surface area contributed by atoms with E-state index in [-0.39, 0.29) is 11.4 Å². The number of hydrogen-bond acceptors (Lipinski definition) is 2. The van der Waals surface area contributed by atoms with Gasteiger partial charge in [-0.15, -0.1) is 0 Å². The van der Waals surface area contributed by atoms with E-state index in [0.29, 0.717) is 6.42 Å². The van der Waals surface area contributed by atoms with E-state index >= 15 is 0 Å². The third-order valence-electron chi connectivity index (χ3n) is 3.74. The lowest BCUT2D eigenvalue weighted by molar-refractivity contribution is -0.132. The first kappa shape index (κ1) is 19.9. The summed E-state index contributed by atoms with van der Waals surface area (Å²) in [6, 6.07) is 0. The minimum atomic E-state index is -1.01. The average Bonchev–Trinajstić information content (AvgIpc) is 2.44. The van der Waals surface area contributed by atoms with Crippen LogP contribution >= 0.6 is 0 Å². The van der Waals surface area contributed by atoms with Gasteiger partial charge in [0.25, 0.3) is 0 Å². The average molecular weight is 296 g/mol. The Morgan fingerprint density at radius 1 is 0.810 bits per heavy atom. The summed E-state index contributed by atoms with van der Waals surface area (Å²) in [5.41, 5.74) is 0.128. The monoisotopic (exact) mass is 296 g/mol. The number of carboxylic acid groups (broad SMARTS) is 1. The molecule has 0 aromatic carbocycles. The Morgan fingerprint density at radius 3 is 1.67 bits per heavy atom. The lowest BCUT2D eigenvalue weighted by Crippen LogP contribution is -2.01. The standard InChI is InChI=1S/C18H32O3/c1-3-4-5-6-7-8-9-10-11-12-13-14-17(19)15-16(2)18(20)21/h15H,3-14H2,1-2H3,(H,20,21)/b16-15-. The highest BCUT2D eigenvalue weighted by atomic mass is 16.4. The smallest absolute Gasteiger partial charge is 0.331 e. The zero-order valence-electron chi connectivity index (χ0n) is 13.8. The molecule has 21 heavy (non-hydrogen) atoms. The fraction of sp³-hybridized carbons (Fsp3) is 0.778. The minimum Gasteiger partial charge on any atom is -0.478 e. The molecule has 0 fully saturated rings. The lowest BCUT2D eigenvalue weighted by Gasteiger charge is -2.02. The number of carbonyl (C=O) groups excluding carboxylic acids is 1. The largest absolute Gasteiger partial charge is 0.478 e. The fourth-order valence-electron chi connectivity index (χ4n) is 2.34. The number of carboxylic acids is 1.